The second-order valence-corrected chi connectivity index (χ2v) is 11.6. The summed E-state index contributed by atoms with van der Waals surface area (Å²) in [5.41, 5.74) is -1.93. The molecule has 0 bridgehead atoms. The number of rotatable bonds is 19. The Kier molecular flexibility index (Phi) is 14.7. The van der Waals surface area contributed by atoms with Crippen molar-refractivity contribution in [1.82, 2.24) is 10.3 Å². The average Bonchev–Trinajstić information content (AvgIpc) is 3.04. The number of ether oxygens (including phenoxy) is 5. The third-order valence-electron chi connectivity index (χ3n) is 7.40. The zero-order chi connectivity index (χ0) is 36.1. The van der Waals surface area contributed by atoms with Crippen molar-refractivity contribution in [2.24, 2.45) is 0 Å². The second kappa shape index (κ2) is 18.2. The monoisotopic (exact) mass is 700 g/mol. The van der Waals surface area contributed by atoms with E-state index in [1.54, 1.807) is 25.1 Å². The molecule has 0 saturated heterocycles. The van der Waals surface area contributed by atoms with Crippen LogP contribution < -0.4 is 14.8 Å². The topological polar surface area (TPSA) is 88.1 Å². The minimum atomic E-state index is -4.58. The maximum Gasteiger partial charge on any atom is 0.417 e. The summed E-state index contributed by atoms with van der Waals surface area (Å²) in [7, 11) is 0. The van der Waals surface area contributed by atoms with Crippen molar-refractivity contribution in [1.29, 1.82) is 0 Å². The van der Waals surface area contributed by atoms with Crippen LogP contribution in [0.2, 0.25) is 0 Å². The van der Waals surface area contributed by atoms with E-state index in [-0.39, 0.29) is 18.9 Å². The SMILES string of the molecule is CCOCCOCCOCCOc1cccc(C(Cc2ccc(C(F)(F)F)cc2)C(C)NC(=O)C(C)(C)Oc2ccc(C(F)(F)F)cn2)c1. The minimum Gasteiger partial charge on any atom is -0.491 e. The highest BCUT2D eigenvalue weighted by atomic mass is 19.4. The Balaban J connectivity index is 1.70. The quantitative estimate of drug-likeness (QED) is 0.104. The van der Waals surface area contributed by atoms with E-state index >= 15 is 0 Å². The van der Waals surface area contributed by atoms with E-state index in [1.807, 2.05) is 13.0 Å². The molecule has 0 radical (unpaired) electrons. The van der Waals surface area contributed by atoms with Gasteiger partial charge in [0.25, 0.3) is 5.91 Å². The predicted molar refractivity (Wildman–Crippen MR) is 170 cm³/mol. The first-order chi connectivity index (χ1) is 23.1. The Morgan fingerprint density at radius 1 is 0.796 bits per heavy atom. The number of halogens is 6. The fourth-order valence-corrected chi connectivity index (χ4v) is 4.70. The standard InChI is InChI=1S/C35H42F6N2O6/c1-5-45-15-16-46-17-18-47-19-20-48-29-8-6-7-26(22-29)30(21-25-9-11-27(12-10-25)34(36,37)38)24(2)43-32(44)33(3,4)49-31-14-13-28(23-42-31)35(39,40)41/h6-14,22-24,30H,5,15-21H2,1-4H3,(H,43,44). The van der Waals surface area contributed by atoms with Crippen LogP contribution in [0.5, 0.6) is 11.6 Å². The van der Waals surface area contributed by atoms with Gasteiger partial charge < -0.3 is 29.0 Å². The number of carbonyl (C=O) groups is 1. The molecule has 0 aliphatic carbocycles. The predicted octanol–water partition coefficient (Wildman–Crippen LogP) is 7.26. The van der Waals surface area contributed by atoms with Gasteiger partial charge in [-0.15, -0.1) is 0 Å². The second-order valence-electron chi connectivity index (χ2n) is 11.6. The van der Waals surface area contributed by atoms with Crippen LogP contribution in [0.15, 0.2) is 66.9 Å². The first-order valence-corrected chi connectivity index (χ1v) is 15.8. The lowest BCUT2D eigenvalue weighted by Crippen LogP contribution is -2.51. The summed E-state index contributed by atoms with van der Waals surface area (Å²) in [5, 5.41) is 2.91. The van der Waals surface area contributed by atoms with E-state index in [0.29, 0.717) is 57.2 Å². The normalized spacial score (nSPS) is 13.5. The zero-order valence-corrected chi connectivity index (χ0v) is 27.8. The number of pyridine rings is 1. The fourth-order valence-electron chi connectivity index (χ4n) is 4.70. The van der Waals surface area contributed by atoms with Crippen LogP contribution in [0.3, 0.4) is 0 Å². The Bertz CT molecular complexity index is 1430. The number of alkyl halides is 6. The Morgan fingerprint density at radius 2 is 1.39 bits per heavy atom. The van der Waals surface area contributed by atoms with E-state index in [4.69, 9.17) is 23.7 Å². The van der Waals surface area contributed by atoms with Crippen LogP contribution in [0, 0.1) is 0 Å². The van der Waals surface area contributed by atoms with E-state index in [0.717, 1.165) is 29.8 Å². The molecule has 0 aliphatic heterocycles. The summed E-state index contributed by atoms with van der Waals surface area (Å²) in [6, 6.07) is 13.2. The number of hydrogen-bond donors (Lipinski definition) is 1. The van der Waals surface area contributed by atoms with Gasteiger partial charge >= 0.3 is 12.4 Å². The number of hydrogen-bond acceptors (Lipinski definition) is 7. The van der Waals surface area contributed by atoms with Crippen molar-refractivity contribution < 1.29 is 54.8 Å². The van der Waals surface area contributed by atoms with Gasteiger partial charge in [0.05, 0.1) is 44.2 Å². The molecule has 0 spiro atoms. The summed E-state index contributed by atoms with van der Waals surface area (Å²) in [6.45, 7) is 9.54. The Morgan fingerprint density at radius 3 is 1.96 bits per heavy atom. The van der Waals surface area contributed by atoms with Gasteiger partial charge in [-0.2, -0.15) is 26.3 Å². The number of nitrogens with zero attached hydrogens (tertiary/aromatic N) is 1. The van der Waals surface area contributed by atoms with Crippen LogP contribution in [0.4, 0.5) is 26.3 Å². The number of amides is 1. The molecule has 3 aromatic rings. The molecule has 2 aromatic carbocycles. The molecule has 2 atom stereocenters. The van der Waals surface area contributed by atoms with Gasteiger partial charge in [-0.25, -0.2) is 4.98 Å². The van der Waals surface area contributed by atoms with Crippen LogP contribution in [0.25, 0.3) is 0 Å². The fraction of sp³-hybridized carbons (Fsp3) is 0.486. The highest BCUT2D eigenvalue weighted by Crippen LogP contribution is 2.33. The lowest BCUT2D eigenvalue weighted by molar-refractivity contribution is -0.138. The highest BCUT2D eigenvalue weighted by Gasteiger charge is 2.35. The molecule has 49 heavy (non-hydrogen) atoms. The van der Waals surface area contributed by atoms with Crippen LogP contribution in [-0.2, 0) is 37.8 Å². The average molecular weight is 701 g/mol. The van der Waals surface area contributed by atoms with Crippen molar-refractivity contribution in [2.75, 3.05) is 46.2 Å². The van der Waals surface area contributed by atoms with Gasteiger partial charge in [-0.1, -0.05) is 24.3 Å². The number of aromatic nitrogens is 1. The highest BCUT2D eigenvalue weighted by molar-refractivity contribution is 5.85. The molecular weight excluding hydrogens is 658 g/mol. The minimum absolute atomic E-state index is 0.176. The van der Waals surface area contributed by atoms with E-state index in [1.165, 1.54) is 26.0 Å². The van der Waals surface area contributed by atoms with E-state index in [9.17, 15) is 31.1 Å². The first-order valence-electron chi connectivity index (χ1n) is 15.8. The lowest BCUT2D eigenvalue weighted by atomic mass is 9.86. The van der Waals surface area contributed by atoms with Gasteiger partial charge in [0, 0.05) is 30.8 Å². The summed E-state index contributed by atoms with van der Waals surface area (Å²) in [4.78, 5) is 17.1. The van der Waals surface area contributed by atoms with Crippen molar-refractivity contribution in [3.8, 4) is 11.6 Å². The molecule has 1 N–H and O–H groups in total. The molecule has 3 rings (SSSR count). The number of nitrogens with one attached hydrogen (secondary N) is 1. The molecule has 0 aliphatic rings. The van der Waals surface area contributed by atoms with Crippen LogP contribution >= 0.6 is 0 Å². The molecular formula is C35H42F6N2O6. The third-order valence-corrected chi connectivity index (χ3v) is 7.40. The molecule has 1 amide bonds. The maximum atomic E-state index is 13.4. The number of carbonyl (C=O) groups excluding carboxylic acids is 1. The molecule has 270 valence electrons. The molecule has 8 nitrogen and oxygen atoms in total. The summed E-state index contributed by atoms with van der Waals surface area (Å²) < 4.78 is 106. The third kappa shape index (κ3) is 13.2. The van der Waals surface area contributed by atoms with E-state index < -0.39 is 46.9 Å². The molecule has 1 aromatic heterocycles. The molecule has 14 heteroatoms. The van der Waals surface area contributed by atoms with Crippen molar-refractivity contribution in [3.63, 3.8) is 0 Å². The molecule has 0 saturated carbocycles. The summed E-state index contributed by atoms with van der Waals surface area (Å²) in [5.74, 6) is -0.660. The smallest absolute Gasteiger partial charge is 0.417 e. The van der Waals surface area contributed by atoms with Gasteiger partial charge in [0.1, 0.15) is 12.4 Å². The first kappa shape index (κ1) is 39.6. The number of benzene rings is 2. The lowest BCUT2D eigenvalue weighted by Gasteiger charge is -2.31. The maximum absolute atomic E-state index is 13.4. The molecule has 2 unspecified atom stereocenters. The molecule has 0 fully saturated rings. The van der Waals surface area contributed by atoms with Gasteiger partial charge in [0.15, 0.2) is 5.60 Å². The van der Waals surface area contributed by atoms with Crippen LogP contribution in [-0.4, -0.2) is 68.8 Å². The van der Waals surface area contributed by atoms with Gasteiger partial charge in [0.2, 0.25) is 5.88 Å². The summed E-state index contributed by atoms with van der Waals surface area (Å²) in [6.07, 6.45) is -8.19. The van der Waals surface area contributed by atoms with Crippen molar-refractivity contribution in [3.05, 3.63) is 89.1 Å². The van der Waals surface area contributed by atoms with Gasteiger partial charge in [-0.3, -0.25) is 4.79 Å². The Labute approximate surface area is 282 Å². The van der Waals surface area contributed by atoms with Crippen molar-refractivity contribution in [2.45, 2.75) is 64.0 Å². The van der Waals surface area contributed by atoms with Gasteiger partial charge in [-0.05, 0) is 75.6 Å². The van der Waals surface area contributed by atoms with Crippen molar-refractivity contribution >= 4 is 5.91 Å². The van der Waals surface area contributed by atoms with E-state index in [2.05, 4.69) is 10.3 Å². The van der Waals surface area contributed by atoms with Crippen LogP contribution in [0.1, 0.15) is 55.9 Å². The molecule has 1 heterocycles. The summed E-state index contributed by atoms with van der Waals surface area (Å²) >= 11 is 0. The zero-order valence-electron chi connectivity index (χ0n) is 27.8. The Hall–Kier alpha value is -3.88. The largest absolute Gasteiger partial charge is 0.491 e.